The molecule has 26 heteroatoms. The number of allylic oxidation sites excluding steroid dienone is 3. The van der Waals surface area contributed by atoms with Crippen molar-refractivity contribution in [3.63, 3.8) is 0 Å². The Bertz CT molecular complexity index is 4970. The molecule has 2 unspecified atom stereocenters. The van der Waals surface area contributed by atoms with E-state index in [1.807, 2.05) is 105 Å². The highest BCUT2D eigenvalue weighted by Gasteiger charge is 2.36. The molecule has 16 nitrogen and oxygen atoms in total. The molecular formula is C93H113F9N12O4S. The molecule has 638 valence electrons. The first-order valence-corrected chi connectivity index (χ1v) is 43.1. The van der Waals surface area contributed by atoms with Gasteiger partial charge in [0.1, 0.15) is 57.2 Å². The predicted molar refractivity (Wildman–Crippen MR) is 462 cm³/mol. The molecule has 3 N–H and O–H groups in total. The zero-order chi connectivity index (χ0) is 85.2. The van der Waals surface area contributed by atoms with Gasteiger partial charge in [-0.2, -0.15) is 54.8 Å². The van der Waals surface area contributed by atoms with Gasteiger partial charge in [0, 0.05) is 55.2 Å². The number of pyridine rings is 3. The van der Waals surface area contributed by atoms with E-state index < -0.39 is 35.6 Å². The van der Waals surface area contributed by atoms with Crippen molar-refractivity contribution in [2.45, 2.75) is 230 Å². The van der Waals surface area contributed by atoms with Crippen LogP contribution in [0.2, 0.25) is 0 Å². The maximum absolute atomic E-state index is 13.4. The van der Waals surface area contributed by atoms with E-state index in [1.54, 1.807) is 12.1 Å². The average molecular weight is 1670 g/mol. The molecule has 7 aromatic heterocycles. The minimum Gasteiger partial charge on any atom is -0.493 e. The number of halogens is 9. The van der Waals surface area contributed by atoms with Crippen molar-refractivity contribution in [3.8, 4) is 89.9 Å². The van der Waals surface area contributed by atoms with Crippen molar-refractivity contribution in [2.75, 3.05) is 46.1 Å². The molecule has 3 aliphatic rings. The second-order valence-electron chi connectivity index (χ2n) is 30.7. The van der Waals surface area contributed by atoms with Gasteiger partial charge in [-0.05, 0) is 209 Å². The number of rotatable bonds is 40. The van der Waals surface area contributed by atoms with Crippen molar-refractivity contribution in [2.24, 2.45) is 26.8 Å². The van der Waals surface area contributed by atoms with Crippen LogP contribution in [0.25, 0.3) is 83.6 Å². The number of benzene rings is 2. The number of alkyl halides is 9. The van der Waals surface area contributed by atoms with Crippen LogP contribution in [0.1, 0.15) is 243 Å². The minimum absolute atomic E-state index is 0.101. The Hall–Kier alpha value is -9.98. The summed E-state index contributed by atoms with van der Waals surface area (Å²) in [5.41, 5.74) is 11.5. The van der Waals surface area contributed by atoms with Crippen LogP contribution in [-0.4, -0.2) is 109 Å². The van der Waals surface area contributed by atoms with Crippen LogP contribution in [0.5, 0.6) is 23.0 Å². The van der Waals surface area contributed by atoms with E-state index in [1.165, 1.54) is 66.7 Å². The van der Waals surface area contributed by atoms with Crippen LogP contribution in [0.3, 0.4) is 0 Å². The molecule has 9 aromatic rings. The maximum atomic E-state index is 13.4. The fraction of sp³-hybridized carbons (Fsp3) is 0.473. The minimum atomic E-state index is -4.54. The Morgan fingerprint density at radius 2 is 0.824 bits per heavy atom. The van der Waals surface area contributed by atoms with Gasteiger partial charge >= 0.3 is 18.5 Å². The van der Waals surface area contributed by atoms with Crippen molar-refractivity contribution in [1.82, 2.24) is 45.5 Å². The van der Waals surface area contributed by atoms with Gasteiger partial charge in [0.2, 0.25) is 0 Å². The number of hydrogen-bond acceptors (Lipinski definition) is 14. The number of unbranched alkanes of at least 4 members (excludes halogenated alkanes) is 9. The van der Waals surface area contributed by atoms with Crippen molar-refractivity contribution in [3.05, 3.63) is 160 Å². The lowest BCUT2D eigenvalue weighted by molar-refractivity contribution is -0.142. The number of H-pyrrole nitrogens is 3. The number of aromatic amines is 3. The molecule has 0 saturated carbocycles. The van der Waals surface area contributed by atoms with Gasteiger partial charge in [-0.3, -0.25) is 30.3 Å². The third kappa shape index (κ3) is 26.0. The number of aliphatic imine (C=N–C) groups is 3. The van der Waals surface area contributed by atoms with E-state index in [9.17, 15) is 39.5 Å². The van der Waals surface area contributed by atoms with E-state index in [-0.39, 0.29) is 17.1 Å². The van der Waals surface area contributed by atoms with Gasteiger partial charge in [-0.25, -0.2) is 15.0 Å². The number of nitrogens with one attached hydrogen (secondary N) is 3. The summed E-state index contributed by atoms with van der Waals surface area (Å²) >= 11 is 1.82. The second kappa shape index (κ2) is 43.8. The Balaban J connectivity index is 0.000000189. The number of aromatic nitrogens is 9. The summed E-state index contributed by atoms with van der Waals surface area (Å²) in [4.78, 5) is 30.1. The molecule has 0 aliphatic carbocycles. The normalized spacial score (nSPS) is 14.0. The molecule has 0 fully saturated rings. The topological polar surface area (TPSA) is 199 Å². The van der Waals surface area contributed by atoms with Gasteiger partial charge in [-0.15, -0.1) is 11.3 Å². The summed E-state index contributed by atoms with van der Waals surface area (Å²) in [5, 5.41) is 18.2. The van der Waals surface area contributed by atoms with E-state index in [2.05, 4.69) is 118 Å². The van der Waals surface area contributed by atoms with Crippen molar-refractivity contribution in [1.29, 1.82) is 0 Å². The molecule has 0 spiro atoms. The lowest BCUT2D eigenvalue weighted by Crippen LogP contribution is -2.13. The molecule has 10 heterocycles. The van der Waals surface area contributed by atoms with Gasteiger partial charge in [0.15, 0.2) is 0 Å². The number of aryl methyl sites for hydroxylation is 2. The summed E-state index contributed by atoms with van der Waals surface area (Å²) in [5.74, 6) is 3.61. The Kier molecular flexibility index (Phi) is 33.6. The monoisotopic (exact) mass is 1660 g/mol. The van der Waals surface area contributed by atoms with E-state index in [0.717, 1.165) is 175 Å². The fourth-order valence-corrected chi connectivity index (χ4v) is 15.3. The fourth-order valence-electron chi connectivity index (χ4n) is 14.1. The first-order chi connectivity index (χ1) is 57.2. The second-order valence-corrected chi connectivity index (χ2v) is 31.9. The Morgan fingerprint density at radius 1 is 0.395 bits per heavy atom. The third-order valence-electron chi connectivity index (χ3n) is 21.1. The lowest BCUT2D eigenvalue weighted by Gasteiger charge is -2.20. The number of ether oxygens (including phenoxy) is 4. The van der Waals surface area contributed by atoms with Crippen LogP contribution in [0, 0.1) is 11.8 Å². The summed E-state index contributed by atoms with van der Waals surface area (Å²) in [7, 11) is 0. The van der Waals surface area contributed by atoms with Gasteiger partial charge in [-0.1, -0.05) is 145 Å². The molecule has 3 aliphatic heterocycles. The molecule has 2 aromatic carbocycles. The summed E-state index contributed by atoms with van der Waals surface area (Å²) in [6, 6.07) is 28.2. The van der Waals surface area contributed by atoms with Crippen LogP contribution >= 0.6 is 11.3 Å². The van der Waals surface area contributed by atoms with Crippen LogP contribution in [-0.2, 0) is 31.4 Å². The zero-order valence-corrected chi connectivity index (χ0v) is 71.2. The summed E-state index contributed by atoms with van der Waals surface area (Å²) in [6.07, 6.45) is 15.4. The van der Waals surface area contributed by atoms with Gasteiger partial charge in [0.25, 0.3) is 0 Å². The highest BCUT2D eigenvalue weighted by molar-refractivity contribution is 7.15. The quantitative estimate of drug-likeness (QED) is 0.0245. The maximum Gasteiger partial charge on any atom is 0.432 e. The van der Waals surface area contributed by atoms with Gasteiger partial charge < -0.3 is 18.9 Å². The molecule has 0 radical (unpaired) electrons. The summed E-state index contributed by atoms with van der Waals surface area (Å²) < 4.78 is 145. The first-order valence-electron chi connectivity index (χ1n) is 42.2. The van der Waals surface area contributed by atoms with E-state index in [0.29, 0.717) is 104 Å². The van der Waals surface area contributed by atoms with Gasteiger partial charge in [0.05, 0.1) is 85.8 Å². The van der Waals surface area contributed by atoms with Crippen LogP contribution in [0.4, 0.5) is 39.5 Å². The third-order valence-corrected chi connectivity index (χ3v) is 22.4. The SMILES string of the molecule is CCCCC(CC)COc1ccc(-c2cc(C3=CC(C)=NC3)nc(-c3cc(C(F)(F)F)[nH]n3)c2)c(OCC(CC)CCC)c1.CCCCCCc1cc(CCCCCC)c(-c2cc(C3=CC(C)=NC3)nc(-c3cc(C(F)(F)F)[nH]n3)c2)s1.CCCCOc1cccc(OCCCC)c1-c1cc(C2=CC(C)=NC2)nc(-c2cc(C(F)(F)F)[nH]n2)c1. The van der Waals surface area contributed by atoms with Crippen molar-refractivity contribution < 1.29 is 58.5 Å². The summed E-state index contributed by atoms with van der Waals surface area (Å²) in [6.45, 7) is 26.8. The van der Waals surface area contributed by atoms with E-state index in [4.69, 9.17) is 28.9 Å². The molecular weight excluding hydrogens is 1550 g/mol. The standard InChI is InChI=1S/C35H45F3N4O2.C30H37F3N4S.C28H31F3N4O2/c1-6-10-12-25(9-4)21-43-28-13-14-29(33(18-28)44-22-24(8-3)11-7-2)26-16-30(27-15-23(5)39-20-27)40-31(17-26)32-19-34(42-41-32)35(36,37)38;1-4-6-8-10-12-21-15-24(13-11-9-7-5-2)38-29(21)22-16-25(23-14-20(3)34-19-23)35-26(17-22)27-18-28(37-36-27)30(31,32)33;1-4-6-11-36-24-9-8-10-25(37-12-7-5-2)27(24)19-14-21(20-13-18(3)32-17-20)33-22(15-19)23-16-26(35-34-23)28(29,30)31/h13-19,24-25H,6-12,20-22H2,1-5H3,(H,41,42);14-18H,4-13,19H2,1-3H3,(H,36,37);8-10,13-16H,4-7,11-12,17H2,1-3H3,(H,34,35). The smallest absolute Gasteiger partial charge is 0.432 e. The zero-order valence-electron chi connectivity index (χ0n) is 70.4. The largest absolute Gasteiger partial charge is 0.493 e. The Morgan fingerprint density at radius 3 is 1.26 bits per heavy atom. The molecule has 2 atom stereocenters. The predicted octanol–water partition coefficient (Wildman–Crippen LogP) is 26.5. The highest BCUT2D eigenvalue weighted by Crippen LogP contribution is 2.45. The Labute approximate surface area is 697 Å². The highest BCUT2D eigenvalue weighted by atomic mass is 32.1. The molecule has 0 bridgehead atoms. The molecule has 0 amide bonds. The van der Waals surface area contributed by atoms with E-state index >= 15 is 0 Å². The number of nitrogens with zero attached hydrogens (tertiary/aromatic N) is 9. The first kappa shape index (κ1) is 91.3. The number of thiophene rings is 1. The number of hydrogen-bond donors (Lipinski definition) is 3. The molecule has 119 heavy (non-hydrogen) atoms. The lowest BCUT2D eigenvalue weighted by atomic mass is 9.99. The average Bonchev–Trinajstić information content (AvgIpc) is 1.65. The van der Waals surface area contributed by atoms with Crippen molar-refractivity contribution >= 4 is 45.2 Å². The molecule has 0 saturated heterocycles. The molecule has 12 rings (SSSR count). The van der Waals surface area contributed by atoms with Crippen LogP contribution in [0.15, 0.2) is 130 Å². The van der Waals surface area contributed by atoms with Crippen LogP contribution < -0.4 is 18.9 Å².